The van der Waals surface area contributed by atoms with Crippen molar-refractivity contribution >= 4 is 23.4 Å². The minimum atomic E-state index is 0.243. The molecule has 0 radical (unpaired) electrons. The second-order valence-electron chi connectivity index (χ2n) is 4.64. The van der Waals surface area contributed by atoms with E-state index < -0.39 is 0 Å². The van der Waals surface area contributed by atoms with Crippen molar-refractivity contribution in [3.8, 4) is 10.6 Å². The normalized spacial score (nSPS) is 13.6. The lowest BCUT2D eigenvalue weighted by Crippen LogP contribution is -1.91. The number of aldehydes is 1. The van der Waals surface area contributed by atoms with Gasteiger partial charge in [-0.2, -0.15) is 0 Å². The zero-order valence-corrected chi connectivity index (χ0v) is 11.2. The Morgan fingerprint density at radius 3 is 3.05 bits per heavy atom. The predicted octanol–water partition coefficient (Wildman–Crippen LogP) is 3.07. The molecular formula is C15H13NO2S. The maximum absolute atomic E-state index is 11.6. The Bertz CT molecular complexity index is 645. The molecule has 2 aromatic rings. The van der Waals surface area contributed by atoms with Crippen LogP contribution in [0.4, 0.5) is 0 Å². The van der Waals surface area contributed by atoms with E-state index in [0.29, 0.717) is 19.3 Å². The summed E-state index contributed by atoms with van der Waals surface area (Å²) in [5.74, 6) is 0.243. The smallest absolute Gasteiger partial charge is 0.163 e. The predicted molar refractivity (Wildman–Crippen MR) is 74.6 cm³/mol. The molecule has 1 aliphatic carbocycles. The third-order valence-electron chi connectivity index (χ3n) is 3.34. The minimum Gasteiger partial charge on any atom is -0.303 e. The van der Waals surface area contributed by atoms with Crippen LogP contribution in [-0.4, -0.2) is 17.1 Å². The number of carbonyl (C=O) groups is 2. The number of fused-ring (bicyclic) bond motifs is 1. The molecule has 3 rings (SSSR count). The Balaban J connectivity index is 1.88. The van der Waals surface area contributed by atoms with Crippen molar-refractivity contribution in [3.63, 3.8) is 0 Å². The molecule has 0 amide bonds. The van der Waals surface area contributed by atoms with Crippen LogP contribution in [0.25, 0.3) is 10.6 Å². The number of thiazole rings is 1. The summed E-state index contributed by atoms with van der Waals surface area (Å²) in [5, 5.41) is 2.96. The third-order valence-corrected chi connectivity index (χ3v) is 4.28. The van der Waals surface area contributed by atoms with Gasteiger partial charge in [0.2, 0.25) is 0 Å². The number of nitrogens with zero attached hydrogens (tertiary/aromatic N) is 1. The monoisotopic (exact) mass is 271 g/mol. The van der Waals surface area contributed by atoms with Gasteiger partial charge in [0.25, 0.3) is 0 Å². The van der Waals surface area contributed by atoms with Crippen LogP contribution in [0.1, 0.15) is 34.5 Å². The van der Waals surface area contributed by atoms with Gasteiger partial charge >= 0.3 is 0 Å². The van der Waals surface area contributed by atoms with E-state index in [0.717, 1.165) is 40.1 Å². The molecule has 1 aliphatic rings. The van der Waals surface area contributed by atoms with Gasteiger partial charge in [0.15, 0.2) is 5.78 Å². The molecule has 0 spiro atoms. The van der Waals surface area contributed by atoms with Gasteiger partial charge < -0.3 is 4.79 Å². The highest BCUT2D eigenvalue weighted by molar-refractivity contribution is 7.13. The molecular weight excluding hydrogens is 258 g/mol. The summed E-state index contributed by atoms with van der Waals surface area (Å²) in [5.41, 5.74) is 4.02. The summed E-state index contributed by atoms with van der Waals surface area (Å²) >= 11 is 1.59. The van der Waals surface area contributed by atoms with Gasteiger partial charge in [-0.05, 0) is 24.5 Å². The second kappa shape index (κ2) is 5.05. The maximum Gasteiger partial charge on any atom is 0.163 e. The fraction of sp³-hybridized carbons (Fsp3) is 0.267. The van der Waals surface area contributed by atoms with Crippen molar-refractivity contribution in [1.29, 1.82) is 0 Å². The molecule has 0 atom stereocenters. The van der Waals surface area contributed by atoms with Crippen LogP contribution in [0.5, 0.6) is 0 Å². The van der Waals surface area contributed by atoms with Crippen molar-refractivity contribution in [3.05, 3.63) is 40.4 Å². The number of hydrogen-bond donors (Lipinski definition) is 0. The van der Waals surface area contributed by atoms with Crippen molar-refractivity contribution in [1.82, 2.24) is 4.98 Å². The first-order chi connectivity index (χ1) is 9.28. The Morgan fingerprint density at radius 1 is 1.32 bits per heavy atom. The molecule has 1 aromatic heterocycles. The highest BCUT2D eigenvalue weighted by atomic mass is 32.1. The number of carbonyl (C=O) groups excluding carboxylic acids is 2. The van der Waals surface area contributed by atoms with Crippen molar-refractivity contribution in [2.45, 2.75) is 25.7 Å². The first-order valence-corrected chi connectivity index (χ1v) is 7.20. The molecule has 3 nitrogen and oxygen atoms in total. The molecule has 0 unspecified atom stereocenters. The number of aryl methyl sites for hydroxylation is 2. The minimum absolute atomic E-state index is 0.243. The molecule has 4 heteroatoms. The standard InChI is InChI=1S/C15H13NO2S/c17-7-1-2-12-9-19-15(16-12)11-3-5-13-10(8-11)4-6-14(13)18/h3,5,7-9H,1-2,4,6H2. The first-order valence-electron chi connectivity index (χ1n) is 6.32. The van der Waals surface area contributed by atoms with Crippen LogP contribution in [0.2, 0.25) is 0 Å². The zero-order chi connectivity index (χ0) is 13.2. The second-order valence-corrected chi connectivity index (χ2v) is 5.50. The summed E-state index contributed by atoms with van der Waals surface area (Å²) < 4.78 is 0. The van der Waals surface area contributed by atoms with Crippen LogP contribution in [-0.2, 0) is 17.6 Å². The molecule has 0 aliphatic heterocycles. The van der Waals surface area contributed by atoms with Gasteiger partial charge in [-0.1, -0.05) is 12.1 Å². The molecule has 0 saturated heterocycles. The lowest BCUT2D eigenvalue weighted by molar-refractivity contribution is -0.107. The van der Waals surface area contributed by atoms with E-state index >= 15 is 0 Å². The Kier molecular flexibility index (Phi) is 3.25. The van der Waals surface area contributed by atoms with Crippen LogP contribution < -0.4 is 0 Å². The first kappa shape index (κ1) is 12.2. The van der Waals surface area contributed by atoms with Crippen molar-refractivity contribution in [2.24, 2.45) is 0 Å². The van der Waals surface area contributed by atoms with E-state index in [1.165, 1.54) is 0 Å². The fourth-order valence-corrected chi connectivity index (χ4v) is 3.20. The molecule has 19 heavy (non-hydrogen) atoms. The Labute approximate surface area is 115 Å². The number of benzene rings is 1. The van der Waals surface area contributed by atoms with Gasteiger partial charge in [-0.15, -0.1) is 11.3 Å². The van der Waals surface area contributed by atoms with Gasteiger partial charge in [0, 0.05) is 29.3 Å². The molecule has 0 fully saturated rings. The fourth-order valence-electron chi connectivity index (χ4n) is 2.35. The largest absolute Gasteiger partial charge is 0.303 e. The van der Waals surface area contributed by atoms with Crippen LogP contribution in [0, 0.1) is 0 Å². The topological polar surface area (TPSA) is 47.0 Å². The number of aromatic nitrogens is 1. The van der Waals surface area contributed by atoms with E-state index in [1.807, 2.05) is 17.5 Å². The molecule has 1 aromatic carbocycles. The van der Waals surface area contributed by atoms with E-state index in [4.69, 9.17) is 0 Å². The molecule has 1 heterocycles. The number of rotatable bonds is 4. The van der Waals surface area contributed by atoms with E-state index in [2.05, 4.69) is 11.1 Å². The molecule has 0 saturated carbocycles. The average Bonchev–Trinajstić information content (AvgIpc) is 3.04. The van der Waals surface area contributed by atoms with Crippen molar-refractivity contribution in [2.75, 3.05) is 0 Å². The van der Waals surface area contributed by atoms with Crippen molar-refractivity contribution < 1.29 is 9.59 Å². The number of hydrogen-bond acceptors (Lipinski definition) is 4. The van der Waals surface area contributed by atoms with Gasteiger partial charge in [0.05, 0.1) is 5.69 Å². The summed E-state index contributed by atoms with van der Waals surface area (Å²) in [7, 11) is 0. The van der Waals surface area contributed by atoms with E-state index in [1.54, 1.807) is 11.3 Å². The van der Waals surface area contributed by atoms with Gasteiger partial charge in [0.1, 0.15) is 11.3 Å². The summed E-state index contributed by atoms with van der Waals surface area (Å²) in [4.78, 5) is 26.5. The van der Waals surface area contributed by atoms with Crippen LogP contribution >= 0.6 is 11.3 Å². The summed E-state index contributed by atoms with van der Waals surface area (Å²) in [6, 6.07) is 5.94. The number of ketones is 1. The lowest BCUT2D eigenvalue weighted by Gasteiger charge is -2.01. The molecule has 96 valence electrons. The Morgan fingerprint density at radius 2 is 2.21 bits per heavy atom. The maximum atomic E-state index is 11.6. The molecule has 0 bridgehead atoms. The summed E-state index contributed by atoms with van der Waals surface area (Å²) in [6.45, 7) is 0. The highest BCUT2D eigenvalue weighted by Crippen LogP contribution is 2.30. The van der Waals surface area contributed by atoms with Gasteiger partial charge in [-0.25, -0.2) is 4.98 Å². The molecule has 0 N–H and O–H groups in total. The lowest BCUT2D eigenvalue weighted by atomic mass is 10.1. The Hall–Kier alpha value is -1.81. The van der Waals surface area contributed by atoms with E-state index in [9.17, 15) is 9.59 Å². The zero-order valence-electron chi connectivity index (χ0n) is 10.4. The summed E-state index contributed by atoms with van der Waals surface area (Å²) in [6.07, 6.45) is 3.60. The third kappa shape index (κ3) is 2.36. The van der Waals surface area contributed by atoms with Crippen LogP contribution in [0.3, 0.4) is 0 Å². The SMILES string of the molecule is O=CCCc1csc(-c2ccc3c(c2)CCC3=O)n1. The van der Waals surface area contributed by atoms with E-state index in [-0.39, 0.29) is 5.78 Å². The van der Waals surface area contributed by atoms with Gasteiger partial charge in [-0.3, -0.25) is 4.79 Å². The van der Waals surface area contributed by atoms with Crippen LogP contribution in [0.15, 0.2) is 23.6 Å². The highest BCUT2D eigenvalue weighted by Gasteiger charge is 2.19. The quantitative estimate of drug-likeness (QED) is 0.803. The average molecular weight is 271 g/mol. The number of Topliss-reactive ketones (excluding diaryl/α,β-unsaturated/α-hetero) is 1.